The number of hydrogen-bond donors (Lipinski definition) is 2. The lowest BCUT2D eigenvalue weighted by Gasteiger charge is -2.26. The highest BCUT2D eigenvalue weighted by Gasteiger charge is 2.27. The van der Waals surface area contributed by atoms with Crippen LogP contribution in [0.1, 0.15) is 10.4 Å². The van der Waals surface area contributed by atoms with E-state index < -0.39 is 30.8 Å². The maximum Gasteiger partial charge on any atom is 0.255 e. The summed E-state index contributed by atoms with van der Waals surface area (Å²) in [5.41, 5.74) is 0.0471. The van der Waals surface area contributed by atoms with E-state index in [1.807, 2.05) is 0 Å². The van der Waals surface area contributed by atoms with Crippen molar-refractivity contribution in [3.8, 4) is 5.75 Å². The molecule has 1 saturated heterocycles. The van der Waals surface area contributed by atoms with Crippen molar-refractivity contribution < 1.29 is 31.1 Å². The minimum Gasteiger partial charge on any atom is -0.495 e. The second-order valence-electron chi connectivity index (χ2n) is 6.52. The molecule has 1 aliphatic heterocycles. The van der Waals surface area contributed by atoms with Crippen molar-refractivity contribution in [1.29, 1.82) is 0 Å². The molecule has 10 nitrogen and oxygen atoms in total. The number of primary sulfonamides is 1. The summed E-state index contributed by atoms with van der Waals surface area (Å²) in [5.74, 6) is -0.490. The van der Waals surface area contributed by atoms with Gasteiger partial charge in [-0.2, -0.15) is 4.31 Å². The van der Waals surface area contributed by atoms with Crippen LogP contribution in [0.4, 0.5) is 5.69 Å². The molecule has 0 spiro atoms. The Balaban J connectivity index is 1.94. The van der Waals surface area contributed by atoms with Crippen molar-refractivity contribution in [1.82, 2.24) is 4.31 Å². The molecule has 3 N–H and O–H groups in total. The van der Waals surface area contributed by atoms with Gasteiger partial charge in [0.05, 0.1) is 35.9 Å². The van der Waals surface area contributed by atoms with Gasteiger partial charge in [-0.05, 0) is 36.4 Å². The minimum absolute atomic E-state index is 0.0353. The third kappa shape index (κ3) is 5.17. The molecular weight excluding hydrogens is 470 g/mol. The second kappa shape index (κ2) is 9.10. The van der Waals surface area contributed by atoms with Gasteiger partial charge in [-0.25, -0.2) is 22.0 Å². The fourth-order valence-corrected chi connectivity index (χ4v) is 5.44. The third-order valence-corrected chi connectivity index (χ3v) is 7.81. The Bertz CT molecular complexity index is 1210. The molecule has 1 fully saturated rings. The first-order valence-electron chi connectivity index (χ1n) is 8.93. The second-order valence-corrected chi connectivity index (χ2v) is 10.4. The van der Waals surface area contributed by atoms with E-state index in [9.17, 15) is 21.6 Å². The molecule has 0 aliphatic carbocycles. The fraction of sp³-hybridized carbons (Fsp3) is 0.278. The van der Waals surface area contributed by atoms with Gasteiger partial charge >= 0.3 is 0 Å². The van der Waals surface area contributed by atoms with Crippen LogP contribution in [-0.4, -0.2) is 60.5 Å². The average molecular weight is 490 g/mol. The molecule has 0 aromatic heterocycles. The van der Waals surface area contributed by atoms with E-state index in [-0.39, 0.29) is 40.0 Å². The van der Waals surface area contributed by atoms with Crippen molar-refractivity contribution in [2.24, 2.45) is 5.14 Å². The first-order valence-corrected chi connectivity index (χ1v) is 12.3. The Morgan fingerprint density at radius 2 is 1.81 bits per heavy atom. The monoisotopic (exact) mass is 489 g/mol. The molecule has 2 aromatic rings. The first-order chi connectivity index (χ1) is 14.5. The molecule has 0 saturated carbocycles. The number of halogens is 1. The fourth-order valence-electron chi connectivity index (χ4n) is 2.94. The van der Waals surface area contributed by atoms with E-state index in [4.69, 9.17) is 26.2 Å². The zero-order chi connectivity index (χ0) is 22.8. The zero-order valence-corrected chi connectivity index (χ0v) is 18.8. The van der Waals surface area contributed by atoms with Crippen molar-refractivity contribution in [3.63, 3.8) is 0 Å². The summed E-state index contributed by atoms with van der Waals surface area (Å²) in [7, 11) is -6.59. The van der Waals surface area contributed by atoms with Crippen LogP contribution >= 0.6 is 11.6 Å². The van der Waals surface area contributed by atoms with Crippen LogP contribution in [-0.2, 0) is 24.8 Å². The molecule has 3 rings (SSSR count). The molecule has 31 heavy (non-hydrogen) atoms. The molecular formula is C18H20ClN3O7S2. The molecule has 0 unspecified atom stereocenters. The molecule has 0 radical (unpaired) electrons. The molecule has 168 valence electrons. The Morgan fingerprint density at radius 3 is 2.42 bits per heavy atom. The maximum atomic E-state index is 12.9. The number of morpholine rings is 1. The number of rotatable bonds is 6. The van der Waals surface area contributed by atoms with E-state index in [0.29, 0.717) is 13.2 Å². The number of benzene rings is 2. The number of nitrogens with zero attached hydrogens (tertiary/aromatic N) is 1. The number of carbonyl (C=O) groups excluding carboxylic acids is 1. The highest BCUT2D eigenvalue weighted by atomic mass is 35.5. The van der Waals surface area contributed by atoms with E-state index in [1.54, 1.807) is 0 Å². The van der Waals surface area contributed by atoms with Crippen LogP contribution < -0.4 is 15.2 Å². The van der Waals surface area contributed by atoms with Gasteiger partial charge in [0.15, 0.2) is 0 Å². The van der Waals surface area contributed by atoms with Crippen LogP contribution in [0.3, 0.4) is 0 Å². The van der Waals surface area contributed by atoms with E-state index in [1.165, 1.54) is 41.7 Å². The van der Waals surface area contributed by atoms with Crippen LogP contribution in [0.15, 0.2) is 46.2 Å². The summed E-state index contributed by atoms with van der Waals surface area (Å²) in [4.78, 5) is 12.3. The summed E-state index contributed by atoms with van der Waals surface area (Å²) in [6, 6.07) is 7.65. The molecule has 1 aliphatic rings. The van der Waals surface area contributed by atoms with Crippen molar-refractivity contribution in [3.05, 3.63) is 47.0 Å². The number of carbonyl (C=O) groups is 1. The molecule has 0 bridgehead atoms. The lowest BCUT2D eigenvalue weighted by Crippen LogP contribution is -2.40. The lowest BCUT2D eigenvalue weighted by atomic mass is 10.2. The largest absolute Gasteiger partial charge is 0.495 e. The van der Waals surface area contributed by atoms with Crippen LogP contribution in [0.25, 0.3) is 0 Å². The number of nitrogens with one attached hydrogen (secondary N) is 1. The Morgan fingerprint density at radius 1 is 1.13 bits per heavy atom. The zero-order valence-electron chi connectivity index (χ0n) is 16.4. The number of hydrogen-bond acceptors (Lipinski definition) is 7. The average Bonchev–Trinajstić information content (AvgIpc) is 2.73. The smallest absolute Gasteiger partial charge is 0.255 e. The van der Waals surface area contributed by atoms with Crippen LogP contribution in [0.5, 0.6) is 5.75 Å². The standard InChI is InChI=1S/C18H20ClN3O7S2/c1-28-16-5-3-13(31(26,27)22-6-8-29-9-7-22)11-15(16)21-18(23)12-2-4-14(19)17(10-12)30(20,24)25/h2-5,10-11H,6-9H2,1H3,(H,21,23)(H2,20,24,25). The predicted molar refractivity (Wildman–Crippen MR) is 113 cm³/mol. The molecule has 2 aromatic carbocycles. The van der Waals surface area contributed by atoms with Gasteiger partial charge in [0.25, 0.3) is 5.91 Å². The predicted octanol–water partition coefficient (Wildman–Crippen LogP) is 1.27. The molecule has 0 atom stereocenters. The number of sulfonamides is 2. The summed E-state index contributed by atoms with van der Waals surface area (Å²) >= 11 is 5.85. The number of anilines is 1. The van der Waals surface area contributed by atoms with Gasteiger partial charge in [0.2, 0.25) is 20.0 Å². The van der Waals surface area contributed by atoms with Crippen molar-refractivity contribution in [2.75, 3.05) is 38.7 Å². The normalized spacial score (nSPS) is 15.5. The summed E-state index contributed by atoms with van der Waals surface area (Å²) in [6.45, 7) is 1.03. The Labute approximate surface area is 185 Å². The summed E-state index contributed by atoms with van der Waals surface area (Å²) in [5, 5.41) is 7.53. The number of nitrogens with two attached hydrogens (primary N) is 1. The molecule has 1 amide bonds. The highest BCUT2D eigenvalue weighted by molar-refractivity contribution is 7.89. The van der Waals surface area contributed by atoms with Crippen molar-refractivity contribution in [2.45, 2.75) is 9.79 Å². The van der Waals surface area contributed by atoms with Gasteiger partial charge in [-0.15, -0.1) is 0 Å². The Kier molecular flexibility index (Phi) is 6.88. The van der Waals surface area contributed by atoms with Gasteiger partial charge in [0.1, 0.15) is 10.6 Å². The topological polar surface area (TPSA) is 145 Å². The number of methoxy groups -OCH3 is 1. The SMILES string of the molecule is COc1ccc(S(=O)(=O)N2CCOCC2)cc1NC(=O)c1ccc(Cl)c(S(N)(=O)=O)c1. The van der Waals surface area contributed by atoms with Crippen LogP contribution in [0, 0.1) is 0 Å². The molecule has 13 heteroatoms. The van der Waals surface area contributed by atoms with Crippen molar-refractivity contribution >= 4 is 43.2 Å². The minimum atomic E-state index is -4.15. The Hall–Kier alpha value is -2.22. The van der Waals surface area contributed by atoms with Gasteiger partial charge in [-0.3, -0.25) is 4.79 Å². The van der Waals surface area contributed by atoms with Gasteiger partial charge in [0, 0.05) is 18.7 Å². The van der Waals surface area contributed by atoms with Gasteiger partial charge < -0.3 is 14.8 Å². The quantitative estimate of drug-likeness (QED) is 0.621. The van der Waals surface area contributed by atoms with E-state index in [2.05, 4.69) is 5.32 Å². The highest BCUT2D eigenvalue weighted by Crippen LogP contribution is 2.30. The van der Waals surface area contributed by atoms with E-state index >= 15 is 0 Å². The maximum absolute atomic E-state index is 12.9. The van der Waals surface area contributed by atoms with Gasteiger partial charge in [-0.1, -0.05) is 11.6 Å². The van der Waals surface area contributed by atoms with Crippen LogP contribution in [0.2, 0.25) is 5.02 Å². The number of ether oxygens (including phenoxy) is 2. The number of amides is 1. The summed E-state index contributed by atoms with van der Waals surface area (Å²) < 4.78 is 60.8. The molecule has 1 heterocycles. The first kappa shape index (κ1) is 23.4. The lowest BCUT2D eigenvalue weighted by molar-refractivity contribution is 0.0730. The van der Waals surface area contributed by atoms with E-state index in [0.717, 1.165) is 6.07 Å². The summed E-state index contributed by atoms with van der Waals surface area (Å²) in [6.07, 6.45) is 0. The third-order valence-electron chi connectivity index (χ3n) is 4.53.